The molecule has 0 radical (unpaired) electrons. The number of hydrogen-bond acceptors (Lipinski definition) is 2. The lowest BCUT2D eigenvalue weighted by atomic mass is 10.2. The van der Waals surface area contributed by atoms with Crippen LogP contribution in [0.2, 0.25) is 5.02 Å². The summed E-state index contributed by atoms with van der Waals surface area (Å²) in [7, 11) is 2.12. The van der Waals surface area contributed by atoms with Crippen LogP contribution in [0.25, 0.3) is 0 Å². The standard InChI is InChI=1S/C17H21ClN2/c1-14-5-3-8-17(11-14)19-9-10-20(2)13-15-6-4-7-16(18)12-15/h3-8,11-12,19H,9-10,13H2,1-2H3. The highest BCUT2D eigenvalue weighted by Crippen LogP contribution is 2.12. The molecule has 2 nitrogen and oxygen atoms in total. The lowest BCUT2D eigenvalue weighted by Gasteiger charge is -2.17. The minimum absolute atomic E-state index is 0.800. The fraction of sp³-hybridized carbons (Fsp3) is 0.294. The van der Waals surface area contributed by atoms with Crippen molar-refractivity contribution in [3.05, 3.63) is 64.7 Å². The zero-order valence-corrected chi connectivity index (χ0v) is 12.8. The third-order valence-corrected chi connectivity index (χ3v) is 3.42. The van der Waals surface area contributed by atoms with Crippen molar-refractivity contribution in [2.24, 2.45) is 0 Å². The highest BCUT2D eigenvalue weighted by Gasteiger charge is 2.01. The summed E-state index contributed by atoms with van der Waals surface area (Å²) in [5.74, 6) is 0. The summed E-state index contributed by atoms with van der Waals surface area (Å²) in [4.78, 5) is 2.29. The number of nitrogens with one attached hydrogen (secondary N) is 1. The predicted octanol–water partition coefficient (Wildman–Crippen LogP) is 4.19. The van der Waals surface area contributed by atoms with Gasteiger partial charge in [-0.2, -0.15) is 0 Å². The molecule has 0 aliphatic carbocycles. The Balaban J connectivity index is 1.76. The van der Waals surface area contributed by atoms with E-state index in [2.05, 4.69) is 54.5 Å². The average Bonchev–Trinajstić information content (AvgIpc) is 2.38. The van der Waals surface area contributed by atoms with Crippen molar-refractivity contribution in [2.45, 2.75) is 13.5 Å². The van der Waals surface area contributed by atoms with Crippen LogP contribution < -0.4 is 5.32 Å². The number of anilines is 1. The van der Waals surface area contributed by atoms with Crippen LogP contribution in [0, 0.1) is 6.92 Å². The second-order valence-corrected chi connectivity index (χ2v) is 5.60. The molecule has 20 heavy (non-hydrogen) atoms. The quantitative estimate of drug-likeness (QED) is 0.857. The van der Waals surface area contributed by atoms with E-state index >= 15 is 0 Å². The Hall–Kier alpha value is -1.51. The molecule has 106 valence electrons. The molecule has 2 rings (SSSR count). The molecule has 0 heterocycles. The van der Waals surface area contributed by atoms with Crippen LogP contribution in [0.1, 0.15) is 11.1 Å². The first kappa shape index (κ1) is 14.9. The molecule has 0 aliphatic heterocycles. The van der Waals surface area contributed by atoms with Crippen LogP contribution in [-0.4, -0.2) is 25.0 Å². The van der Waals surface area contributed by atoms with Gasteiger partial charge in [-0.1, -0.05) is 35.9 Å². The molecule has 0 atom stereocenters. The molecule has 0 amide bonds. The smallest absolute Gasteiger partial charge is 0.0409 e. The number of halogens is 1. The minimum atomic E-state index is 0.800. The lowest BCUT2D eigenvalue weighted by Crippen LogP contribution is -2.24. The van der Waals surface area contributed by atoms with Crippen LogP contribution in [0.4, 0.5) is 5.69 Å². The average molecular weight is 289 g/mol. The van der Waals surface area contributed by atoms with E-state index < -0.39 is 0 Å². The summed E-state index contributed by atoms with van der Waals surface area (Å²) in [5.41, 5.74) is 3.71. The van der Waals surface area contributed by atoms with Gasteiger partial charge in [-0.05, 0) is 49.4 Å². The zero-order valence-electron chi connectivity index (χ0n) is 12.1. The fourth-order valence-corrected chi connectivity index (χ4v) is 2.39. The maximum Gasteiger partial charge on any atom is 0.0409 e. The van der Waals surface area contributed by atoms with Crippen molar-refractivity contribution in [1.29, 1.82) is 0 Å². The predicted molar refractivity (Wildman–Crippen MR) is 87.5 cm³/mol. The number of nitrogens with zero attached hydrogens (tertiary/aromatic N) is 1. The summed E-state index contributed by atoms with van der Waals surface area (Å²) in [6, 6.07) is 16.5. The zero-order chi connectivity index (χ0) is 14.4. The Kier molecular flexibility index (Phi) is 5.45. The van der Waals surface area contributed by atoms with Gasteiger partial charge < -0.3 is 10.2 Å². The van der Waals surface area contributed by atoms with Crippen LogP contribution >= 0.6 is 11.6 Å². The molecular weight excluding hydrogens is 268 g/mol. The van der Waals surface area contributed by atoms with Gasteiger partial charge in [0.2, 0.25) is 0 Å². The summed E-state index contributed by atoms with van der Waals surface area (Å²) in [6.07, 6.45) is 0. The van der Waals surface area contributed by atoms with Crippen molar-refractivity contribution < 1.29 is 0 Å². The van der Waals surface area contributed by atoms with Crippen molar-refractivity contribution in [3.8, 4) is 0 Å². The Morgan fingerprint density at radius 1 is 1.10 bits per heavy atom. The van der Waals surface area contributed by atoms with Gasteiger partial charge in [-0.15, -0.1) is 0 Å². The van der Waals surface area contributed by atoms with Gasteiger partial charge in [0.15, 0.2) is 0 Å². The first-order valence-corrected chi connectivity index (χ1v) is 7.25. The number of aryl methyl sites for hydroxylation is 1. The van der Waals surface area contributed by atoms with Gasteiger partial charge >= 0.3 is 0 Å². The largest absolute Gasteiger partial charge is 0.384 e. The fourth-order valence-electron chi connectivity index (χ4n) is 2.17. The Bertz CT molecular complexity index is 554. The number of benzene rings is 2. The SMILES string of the molecule is Cc1cccc(NCCN(C)Cc2cccc(Cl)c2)c1. The second-order valence-electron chi connectivity index (χ2n) is 5.16. The molecule has 0 bridgehead atoms. The van der Waals surface area contributed by atoms with E-state index in [9.17, 15) is 0 Å². The molecule has 2 aromatic rings. The van der Waals surface area contributed by atoms with Crippen molar-refractivity contribution in [3.63, 3.8) is 0 Å². The first-order chi connectivity index (χ1) is 9.63. The third kappa shape index (κ3) is 4.87. The van der Waals surface area contributed by atoms with Crippen LogP contribution in [0.5, 0.6) is 0 Å². The molecule has 0 fully saturated rings. The van der Waals surface area contributed by atoms with Gasteiger partial charge in [0.25, 0.3) is 0 Å². The number of rotatable bonds is 6. The number of hydrogen-bond donors (Lipinski definition) is 1. The van der Waals surface area contributed by atoms with Crippen molar-refractivity contribution >= 4 is 17.3 Å². The normalized spacial score (nSPS) is 10.8. The summed E-state index contributed by atoms with van der Waals surface area (Å²) < 4.78 is 0. The van der Waals surface area contributed by atoms with Crippen molar-refractivity contribution in [1.82, 2.24) is 4.90 Å². The molecule has 0 aromatic heterocycles. The second kappa shape index (κ2) is 7.32. The van der Waals surface area contributed by atoms with E-state index in [4.69, 9.17) is 11.6 Å². The monoisotopic (exact) mass is 288 g/mol. The van der Waals surface area contributed by atoms with Gasteiger partial charge in [-0.25, -0.2) is 0 Å². The van der Waals surface area contributed by atoms with Gasteiger partial charge in [0, 0.05) is 30.3 Å². The van der Waals surface area contributed by atoms with Crippen LogP contribution in [-0.2, 0) is 6.54 Å². The van der Waals surface area contributed by atoms with Crippen molar-refractivity contribution in [2.75, 3.05) is 25.5 Å². The summed E-state index contributed by atoms with van der Waals surface area (Å²) in [5, 5.41) is 4.25. The Morgan fingerprint density at radius 2 is 1.90 bits per heavy atom. The van der Waals surface area contributed by atoms with Crippen LogP contribution in [0.15, 0.2) is 48.5 Å². The maximum absolute atomic E-state index is 6.00. The van der Waals surface area contributed by atoms with Gasteiger partial charge in [0.05, 0.1) is 0 Å². The highest BCUT2D eigenvalue weighted by molar-refractivity contribution is 6.30. The summed E-state index contributed by atoms with van der Waals surface area (Å²) in [6.45, 7) is 4.94. The Labute approximate surface area is 126 Å². The van der Waals surface area contributed by atoms with Crippen LogP contribution in [0.3, 0.4) is 0 Å². The molecule has 0 unspecified atom stereocenters. The third-order valence-electron chi connectivity index (χ3n) is 3.18. The molecular formula is C17H21ClN2. The molecule has 1 N–H and O–H groups in total. The van der Waals surface area contributed by atoms with Gasteiger partial charge in [-0.3, -0.25) is 0 Å². The molecule has 0 saturated carbocycles. The molecule has 0 saturated heterocycles. The minimum Gasteiger partial charge on any atom is -0.384 e. The molecule has 0 aliphatic rings. The molecule has 0 spiro atoms. The first-order valence-electron chi connectivity index (χ1n) is 6.87. The van der Waals surface area contributed by atoms with E-state index in [0.29, 0.717) is 0 Å². The number of likely N-dealkylation sites (N-methyl/N-ethyl adjacent to an activating group) is 1. The molecule has 2 aromatic carbocycles. The topological polar surface area (TPSA) is 15.3 Å². The van der Waals surface area contributed by atoms with E-state index in [0.717, 1.165) is 24.7 Å². The van der Waals surface area contributed by atoms with E-state index in [1.165, 1.54) is 16.8 Å². The van der Waals surface area contributed by atoms with Gasteiger partial charge in [0.1, 0.15) is 0 Å². The highest BCUT2D eigenvalue weighted by atomic mass is 35.5. The van der Waals surface area contributed by atoms with E-state index in [1.54, 1.807) is 0 Å². The van der Waals surface area contributed by atoms with E-state index in [1.807, 2.05) is 18.2 Å². The molecule has 3 heteroatoms. The lowest BCUT2D eigenvalue weighted by molar-refractivity contribution is 0.340. The maximum atomic E-state index is 6.00. The Morgan fingerprint density at radius 3 is 2.65 bits per heavy atom. The van der Waals surface area contributed by atoms with E-state index in [-0.39, 0.29) is 0 Å². The summed E-state index contributed by atoms with van der Waals surface area (Å²) >= 11 is 6.00.